The summed E-state index contributed by atoms with van der Waals surface area (Å²) < 4.78 is 5.69. The lowest BCUT2D eigenvalue weighted by Gasteiger charge is -2.23. The quantitative estimate of drug-likeness (QED) is 0.886. The fourth-order valence-electron chi connectivity index (χ4n) is 2.57. The van der Waals surface area contributed by atoms with Crippen LogP contribution in [0.3, 0.4) is 0 Å². The molecule has 3 nitrogen and oxygen atoms in total. The topological polar surface area (TPSA) is 32.7 Å². The van der Waals surface area contributed by atoms with Crippen molar-refractivity contribution in [2.45, 2.75) is 38.7 Å². The van der Waals surface area contributed by atoms with Crippen LogP contribution < -0.4 is 4.74 Å². The molecule has 0 aromatic heterocycles. The fourth-order valence-corrected chi connectivity index (χ4v) is 2.57. The molecule has 106 valence electrons. The maximum Gasteiger partial charge on any atom is 0.122 e. The van der Waals surface area contributed by atoms with Crippen LogP contribution in [-0.2, 0) is 0 Å². The molecule has 1 aromatic carbocycles. The van der Waals surface area contributed by atoms with Gasteiger partial charge in [-0.1, -0.05) is 31.0 Å². The fraction of sp³-hybridized carbons (Fsp3) is 0.625. The molecule has 1 fully saturated rings. The van der Waals surface area contributed by atoms with Crippen LogP contribution in [0, 0.1) is 6.92 Å². The van der Waals surface area contributed by atoms with Crippen LogP contribution in [0.2, 0.25) is 0 Å². The van der Waals surface area contributed by atoms with Gasteiger partial charge in [0.15, 0.2) is 0 Å². The molecule has 19 heavy (non-hydrogen) atoms. The summed E-state index contributed by atoms with van der Waals surface area (Å²) in [4.78, 5) is 2.36. The molecule has 0 unspecified atom stereocenters. The van der Waals surface area contributed by atoms with Gasteiger partial charge in [0.1, 0.15) is 18.5 Å². The molecule has 2 rings (SSSR count). The number of benzene rings is 1. The van der Waals surface area contributed by atoms with Crippen LogP contribution in [0.4, 0.5) is 0 Å². The number of para-hydroxylation sites is 1. The van der Waals surface area contributed by atoms with E-state index in [2.05, 4.69) is 4.90 Å². The maximum atomic E-state index is 10.1. The number of hydrogen-bond acceptors (Lipinski definition) is 3. The van der Waals surface area contributed by atoms with E-state index < -0.39 is 6.10 Å². The van der Waals surface area contributed by atoms with E-state index in [0.717, 1.165) is 30.9 Å². The normalized spacial score (nSPS) is 18.8. The highest BCUT2D eigenvalue weighted by Gasteiger charge is 2.14. The number of aliphatic hydroxyl groups excluding tert-OH is 1. The van der Waals surface area contributed by atoms with E-state index in [-0.39, 0.29) is 0 Å². The Labute approximate surface area is 116 Å². The third-order valence-electron chi connectivity index (χ3n) is 3.69. The van der Waals surface area contributed by atoms with Gasteiger partial charge in [-0.2, -0.15) is 0 Å². The molecule has 0 bridgehead atoms. The largest absolute Gasteiger partial charge is 0.491 e. The molecule has 0 saturated carbocycles. The number of aryl methyl sites for hydroxylation is 1. The zero-order chi connectivity index (χ0) is 13.5. The molecule has 3 heteroatoms. The lowest BCUT2D eigenvalue weighted by Crippen LogP contribution is -2.36. The summed E-state index contributed by atoms with van der Waals surface area (Å²) in [6.07, 6.45) is 4.76. The SMILES string of the molecule is Cc1ccccc1OC[C@@H](O)CN1CCCCCC1. The minimum Gasteiger partial charge on any atom is -0.491 e. The van der Waals surface area contributed by atoms with Crippen LogP contribution in [-0.4, -0.2) is 42.4 Å². The number of hydrogen-bond donors (Lipinski definition) is 1. The van der Waals surface area contributed by atoms with Gasteiger partial charge in [-0.15, -0.1) is 0 Å². The molecule has 0 spiro atoms. The Bertz CT molecular complexity index is 373. The van der Waals surface area contributed by atoms with Crippen molar-refractivity contribution in [1.82, 2.24) is 4.90 Å². The van der Waals surface area contributed by atoms with Gasteiger partial charge in [0.2, 0.25) is 0 Å². The van der Waals surface area contributed by atoms with Crippen molar-refractivity contribution in [3.63, 3.8) is 0 Å². The minimum absolute atomic E-state index is 0.376. The Morgan fingerprint density at radius 2 is 1.84 bits per heavy atom. The van der Waals surface area contributed by atoms with Crippen molar-refractivity contribution >= 4 is 0 Å². The Balaban J connectivity index is 1.74. The molecule has 1 aliphatic heterocycles. The van der Waals surface area contributed by atoms with Crippen LogP contribution in [0.5, 0.6) is 5.75 Å². The number of rotatable bonds is 5. The average Bonchev–Trinajstić information content (AvgIpc) is 2.66. The number of aliphatic hydroxyl groups is 1. The number of ether oxygens (including phenoxy) is 1. The first kappa shape index (κ1) is 14.4. The van der Waals surface area contributed by atoms with Gasteiger partial charge in [-0.3, -0.25) is 0 Å². The van der Waals surface area contributed by atoms with Crippen LogP contribution >= 0.6 is 0 Å². The Kier molecular flexibility index (Phi) is 5.67. The predicted octanol–water partition coefficient (Wildman–Crippen LogP) is 2.61. The van der Waals surface area contributed by atoms with Crippen LogP contribution in [0.15, 0.2) is 24.3 Å². The highest BCUT2D eigenvalue weighted by Crippen LogP contribution is 2.16. The van der Waals surface area contributed by atoms with E-state index in [9.17, 15) is 5.11 Å². The highest BCUT2D eigenvalue weighted by atomic mass is 16.5. The molecule has 0 amide bonds. The summed E-state index contributed by atoms with van der Waals surface area (Å²) in [6, 6.07) is 7.93. The van der Waals surface area contributed by atoms with Gasteiger partial charge >= 0.3 is 0 Å². The van der Waals surface area contributed by atoms with Gasteiger partial charge in [0.05, 0.1) is 0 Å². The Morgan fingerprint density at radius 3 is 2.53 bits per heavy atom. The van der Waals surface area contributed by atoms with Gasteiger partial charge < -0.3 is 14.7 Å². The van der Waals surface area contributed by atoms with E-state index in [4.69, 9.17) is 4.74 Å². The summed E-state index contributed by atoms with van der Waals surface area (Å²) in [5, 5.41) is 10.1. The van der Waals surface area contributed by atoms with Crippen molar-refractivity contribution in [1.29, 1.82) is 0 Å². The zero-order valence-electron chi connectivity index (χ0n) is 11.8. The summed E-state index contributed by atoms with van der Waals surface area (Å²) in [5.74, 6) is 0.873. The summed E-state index contributed by atoms with van der Waals surface area (Å²) in [5.41, 5.74) is 1.12. The summed E-state index contributed by atoms with van der Waals surface area (Å²) in [7, 11) is 0. The van der Waals surface area contributed by atoms with E-state index in [0.29, 0.717) is 6.61 Å². The second kappa shape index (κ2) is 7.51. The molecule has 0 radical (unpaired) electrons. The first-order valence-corrected chi connectivity index (χ1v) is 7.34. The lowest BCUT2D eigenvalue weighted by atomic mass is 10.2. The molecule has 1 heterocycles. The Morgan fingerprint density at radius 1 is 1.16 bits per heavy atom. The van der Waals surface area contributed by atoms with Gasteiger partial charge in [0, 0.05) is 6.54 Å². The lowest BCUT2D eigenvalue weighted by molar-refractivity contribution is 0.0691. The van der Waals surface area contributed by atoms with Crippen LogP contribution in [0.25, 0.3) is 0 Å². The summed E-state index contributed by atoms with van der Waals surface area (Å²) >= 11 is 0. The van der Waals surface area contributed by atoms with E-state index in [1.807, 2.05) is 31.2 Å². The second-order valence-electron chi connectivity index (χ2n) is 5.45. The van der Waals surface area contributed by atoms with Gasteiger partial charge in [-0.05, 0) is 44.5 Å². The average molecular weight is 263 g/mol. The van der Waals surface area contributed by atoms with Gasteiger partial charge in [-0.25, -0.2) is 0 Å². The maximum absolute atomic E-state index is 10.1. The highest BCUT2D eigenvalue weighted by molar-refractivity contribution is 5.31. The molecule has 1 atom stereocenters. The zero-order valence-corrected chi connectivity index (χ0v) is 11.8. The summed E-state index contributed by atoms with van der Waals surface area (Å²) in [6.45, 7) is 5.35. The number of likely N-dealkylation sites (tertiary alicyclic amines) is 1. The number of nitrogens with zero attached hydrogens (tertiary/aromatic N) is 1. The molecular weight excluding hydrogens is 238 g/mol. The van der Waals surface area contributed by atoms with E-state index >= 15 is 0 Å². The molecular formula is C16H25NO2. The third-order valence-corrected chi connectivity index (χ3v) is 3.69. The van der Waals surface area contributed by atoms with Gasteiger partial charge in [0.25, 0.3) is 0 Å². The number of β-amino-alcohol motifs (C(OH)–C–C–N with tert-alkyl or cyclic N) is 1. The first-order valence-electron chi connectivity index (χ1n) is 7.34. The predicted molar refractivity (Wildman–Crippen MR) is 77.6 cm³/mol. The van der Waals surface area contributed by atoms with Crippen molar-refractivity contribution in [3.05, 3.63) is 29.8 Å². The first-order chi connectivity index (χ1) is 9.25. The van der Waals surface area contributed by atoms with Crippen molar-refractivity contribution < 1.29 is 9.84 Å². The molecule has 0 aliphatic carbocycles. The second-order valence-corrected chi connectivity index (χ2v) is 5.45. The molecule has 1 saturated heterocycles. The molecule has 1 aliphatic rings. The van der Waals surface area contributed by atoms with Crippen LogP contribution in [0.1, 0.15) is 31.2 Å². The third kappa shape index (κ3) is 4.84. The van der Waals surface area contributed by atoms with Crippen molar-refractivity contribution in [3.8, 4) is 5.75 Å². The van der Waals surface area contributed by atoms with Crippen molar-refractivity contribution in [2.75, 3.05) is 26.2 Å². The van der Waals surface area contributed by atoms with Crippen molar-refractivity contribution in [2.24, 2.45) is 0 Å². The molecule has 1 N–H and O–H groups in total. The minimum atomic E-state index is -0.405. The molecule has 1 aromatic rings. The van der Waals surface area contributed by atoms with E-state index in [1.54, 1.807) is 0 Å². The monoisotopic (exact) mass is 263 g/mol. The smallest absolute Gasteiger partial charge is 0.122 e. The van der Waals surface area contributed by atoms with E-state index in [1.165, 1.54) is 25.7 Å². The standard InChI is InChI=1S/C16H25NO2/c1-14-8-4-5-9-16(14)19-13-15(18)12-17-10-6-2-3-7-11-17/h4-5,8-9,15,18H,2-3,6-7,10-13H2,1H3/t15-/m0/s1. The Hall–Kier alpha value is -1.06.